The van der Waals surface area contributed by atoms with Gasteiger partial charge in [0.1, 0.15) is 0 Å². The Morgan fingerprint density at radius 1 is 0.395 bits per heavy atom. The number of aryl methyl sites for hydroxylation is 1. The number of nitrogen functional groups attached to an aromatic ring is 1. The van der Waals surface area contributed by atoms with Gasteiger partial charge in [0.05, 0.1) is 0 Å². The SMILES string of the molecule is CN(C)c1ccccc1.Cc1ccccc1.Nc1ccc(-c2c3ccccc3c(-c3ccccc3)c3ccccc23)cc1. The molecule has 0 saturated heterocycles. The molecule has 0 fully saturated rings. The van der Waals surface area contributed by atoms with Crippen LogP contribution in [0.15, 0.2) is 164 Å². The van der Waals surface area contributed by atoms with Crippen LogP contribution in [0.2, 0.25) is 0 Å². The van der Waals surface area contributed by atoms with Crippen LogP contribution in [0, 0.1) is 6.92 Å². The molecule has 0 aliphatic heterocycles. The molecule has 212 valence electrons. The summed E-state index contributed by atoms with van der Waals surface area (Å²) in [6.07, 6.45) is 0. The molecule has 0 heterocycles. The molecule has 7 rings (SSSR count). The number of benzene rings is 7. The Hall–Kier alpha value is -5.34. The summed E-state index contributed by atoms with van der Waals surface area (Å²) in [5.41, 5.74) is 14.3. The first kappa shape index (κ1) is 29.2. The molecule has 0 aliphatic rings. The van der Waals surface area contributed by atoms with Crippen molar-refractivity contribution in [2.75, 3.05) is 24.7 Å². The van der Waals surface area contributed by atoms with Crippen molar-refractivity contribution in [3.05, 3.63) is 169 Å². The monoisotopic (exact) mass is 558 g/mol. The van der Waals surface area contributed by atoms with Gasteiger partial charge >= 0.3 is 0 Å². The van der Waals surface area contributed by atoms with E-state index in [1.165, 1.54) is 55.0 Å². The van der Waals surface area contributed by atoms with Gasteiger partial charge in [-0.05, 0) is 75.0 Å². The Morgan fingerprint density at radius 3 is 1.09 bits per heavy atom. The maximum atomic E-state index is 5.93. The molecule has 2 heteroatoms. The lowest BCUT2D eigenvalue weighted by Gasteiger charge is -2.17. The zero-order valence-electron chi connectivity index (χ0n) is 25.1. The smallest absolute Gasteiger partial charge is 0.0360 e. The van der Waals surface area contributed by atoms with Gasteiger partial charge in [-0.2, -0.15) is 0 Å². The maximum absolute atomic E-state index is 5.93. The van der Waals surface area contributed by atoms with Crippen LogP contribution in [0.1, 0.15) is 5.56 Å². The minimum atomic E-state index is 0.785. The molecule has 0 aromatic heterocycles. The molecule has 7 aromatic carbocycles. The standard InChI is InChI=1S/C26H19N.C8H11N.C7H8/c27-20-16-14-19(15-17-20)26-23-12-6-4-10-21(23)25(18-8-2-1-3-9-18)22-11-5-7-13-24(22)26;1-9(2)8-6-4-3-5-7-8;1-7-5-3-2-4-6-7/h1-17H,27H2;3-7H,1-2H3;2-6H,1H3. The molecule has 2 nitrogen and oxygen atoms in total. The number of nitrogens with zero attached hydrogens (tertiary/aromatic N) is 1. The minimum Gasteiger partial charge on any atom is -0.399 e. The largest absolute Gasteiger partial charge is 0.399 e. The third-order valence-electron chi connectivity index (χ3n) is 7.41. The fourth-order valence-electron chi connectivity index (χ4n) is 5.27. The van der Waals surface area contributed by atoms with Gasteiger partial charge < -0.3 is 10.6 Å². The lowest BCUT2D eigenvalue weighted by atomic mass is 9.86. The number of anilines is 2. The number of rotatable bonds is 3. The summed E-state index contributed by atoms with van der Waals surface area (Å²) in [7, 11) is 4.07. The second kappa shape index (κ2) is 14.0. The van der Waals surface area contributed by atoms with Crippen LogP contribution < -0.4 is 10.6 Å². The van der Waals surface area contributed by atoms with Crippen molar-refractivity contribution in [2.45, 2.75) is 6.92 Å². The van der Waals surface area contributed by atoms with E-state index in [0.717, 1.165) is 5.69 Å². The summed E-state index contributed by atoms with van der Waals surface area (Å²) < 4.78 is 0. The summed E-state index contributed by atoms with van der Waals surface area (Å²) in [5.74, 6) is 0. The van der Waals surface area contributed by atoms with E-state index < -0.39 is 0 Å². The zero-order valence-corrected chi connectivity index (χ0v) is 25.1. The Bertz CT molecular complexity index is 1820. The molecule has 0 unspecified atom stereocenters. The highest BCUT2D eigenvalue weighted by atomic mass is 15.1. The number of para-hydroxylation sites is 1. The van der Waals surface area contributed by atoms with Gasteiger partial charge in [-0.1, -0.05) is 145 Å². The van der Waals surface area contributed by atoms with Crippen LogP contribution in [0.25, 0.3) is 43.8 Å². The molecule has 0 bridgehead atoms. The number of hydrogen-bond donors (Lipinski definition) is 1. The summed E-state index contributed by atoms with van der Waals surface area (Å²) in [6, 6.07) is 56.7. The zero-order chi connectivity index (χ0) is 30.0. The highest BCUT2D eigenvalue weighted by molar-refractivity contribution is 6.21. The van der Waals surface area contributed by atoms with Crippen molar-refractivity contribution in [3.8, 4) is 22.3 Å². The fraction of sp³-hybridized carbons (Fsp3) is 0.0732. The van der Waals surface area contributed by atoms with Crippen LogP contribution in [-0.2, 0) is 0 Å². The number of fused-ring (bicyclic) bond motifs is 2. The first-order valence-electron chi connectivity index (χ1n) is 14.6. The predicted octanol–water partition coefficient (Wildman–Crippen LogP) is 10.7. The van der Waals surface area contributed by atoms with Crippen molar-refractivity contribution < 1.29 is 0 Å². The topological polar surface area (TPSA) is 29.3 Å². The average molecular weight is 559 g/mol. The Morgan fingerprint density at radius 2 is 0.744 bits per heavy atom. The number of hydrogen-bond acceptors (Lipinski definition) is 2. The van der Waals surface area contributed by atoms with Gasteiger partial charge in [-0.15, -0.1) is 0 Å². The molecule has 2 N–H and O–H groups in total. The van der Waals surface area contributed by atoms with Crippen LogP contribution >= 0.6 is 0 Å². The van der Waals surface area contributed by atoms with Crippen molar-refractivity contribution >= 4 is 32.9 Å². The lowest BCUT2D eigenvalue weighted by Crippen LogP contribution is -2.07. The average Bonchev–Trinajstić information content (AvgIpc) is 3.06. The molecule has 0 radical (unpaired) electrons. The molecular formula is C41H38N2. The van der Waals surface area contributed by atoms with Gasteiger partial charge in [0, 0.05) is 25.5 Å². The summed E-state index contributed by atoms with van der Waals surface area (Å²) in [5, 5.41) is 5.07. The van der Waals surface area contributed by atoms with Crippen LogP contribution in [-0.4, -0.2) is 14.1 Å². The van der Waals surface area contributed by atoms with E-state index in [1.54, 1.807) is 0 Å². The van der Waals surface area contributed by atoms with E-state index in [1.807, 2.05) is 62.6 Å². The highest BCUT2D eigenvalue weighted by Crippen LogP contribution is 2.43. The van der Waals surface area contributed by atoms with E-state index in [2.05, 4.69) is 127 Å². The van der Waals surface area contributed by atoms with Crippen LogP contribution in [0.3, 0.4) is 0 Å². The van der Waals surface area contributed by atoms with Gasteiger partial charge in [0.2, 0.25) is 0 Å². The van der Waals surface area contributed by atoms with E-state index >= 15 is 0 Å². The summed E-state index contributed by atoms with van der Waals surface area (Å²) >= 11 is 0. The maximum Gasteiger partial charge on any atom is 0.0360 e. The Labute approximate surface area is 255 Å². The minimum absolute atomic E-state index is 0.785. The predicted molar refractivity (Wildman–Crippen MR) is 189 cm³/mol. The first-order chi connectivity index (χ1) is 21.0. The van der Waals surface area contributed by atoms with Gasteiger partial charge in [-0.25, -0.2) is 0 Å². The molecule has 0 spiro atoms. The van der Waals surface area contributed by atoms with E-state index in [-0.39, 0.29) is 0 Å². The van der Waals surface area contributed by atoms with Crippen molar-refractivity contribution in [1.82, 2.24) is 0 Å². The molecule has 0 saturated carbocycles. The second-order valence-electron chi connectivity index (χ2n) is 10.7. The third-order valence-corrected chi connectivity index (χ3v) is 7.41. The molecule has 0 amide bonds. The van der Waals surface area contributed by atoms with Crippen molar-refractivity contribution in [3.63, 3.8) is 0 Å². The summed E-state index contributed by atoms with van der Waals surface area (Å²) in [6.45, 7) is 2.08. The Balaban J connectivity index is 0.000000188. The number of nitrogens with two attached hydrogens (primary N) is 1. The second-order valence-corrected chi connectivity index (χ2v) is 10.7. The summed E-state index contributed by atoms with van der Waals surface area (Å²) in [4.78, 5) is 2.08. The van der Waals surface area contributed by atoms with Gasteiger partial charge in [0.15, 0.2) is 0 Å². The molecule has 7 aromatic rings. The van der Waals surface area contributed by atoms with Crippen molar-refractivity contribution in [2.24, 2.45) is 0 Å². The van der Waals surface area contributed by atoms with E-state index in [4.69, 9.17) is 5.73 Å². The van der Waals surface area contributed by atoms with Gasteiger partial charge in [-0.3, -0.25) is 0 Å². The van der Waals surface area contributed by atoms with E-state index in [9.17, 15) is 0 Å². The molecule has 43 heavy (non-hydrogen) atoms. The Kier molecular flexibility index (Phi) is 9.51. The van der Waals surface area contributed by atoms with Crippen molar-refractivity contribution in [1.29, 1.82) is 0 Å². The first-order valence-corrected chi connectivity index (χ1v) is 14.6. The van der Waals surface area contributed by atoms with Crippen LogP contribution in [0.4, 0.5) is 11.4 Å². The molecule has 0 aliphatic carbocycles. The van der Waals surface area contributed by atoms with E-state index in [0.29, 0.717) is 0 Å². The quantitative estimate of drug-likeness (QED) is 0.173. The van der Waals surface area contributed by atoms with Crippen LogP contribution in [0.5, 0.6) is 0 Å². The van der Waals surface area contributed by atoms with Gasteiger partial charge in [0.25, 0.3) is 0 Å². The highest BCUT2D eigenvalue weighted by Gasteiger charge is 2.15. The molecule has 0 atom stereocenters. The lowest BCUT2D eigenvalue weighted by molar-refractivity contribution is 1.13. The normalized spacial score (nSPS) is 10.3. The fourth-order valence-corrected chi connectivity index (χ4v) is 5.27. The molecular weight excluding hydrogens is 520 g/mol. The third kappa shape index (κ3) is 7.12.